The van der Waals surface area contributed by atoms with E-state index < -0.39 is 0 Å². The first-order valence-corrected chi connectivity index (χ1v) is 3.16. The molecule has 0 fully saturated rings. The Morgan fingerprint density at radius 3 is 2.44 bits per heavy atom. The summed E-state index contributed by atoms with van der Waals surface area (Å²) in [5.74, 6) is 0. The van der Waals surface area contributed by atoms with Gasteiger partial charge in [-0.1, -0.05) is 11.6 Å². The Kier molecular flexibility index (Phi) is 4.95. The molecule has 0 amide bonds. The minimum atomic E-state index is 0. The van der Waals surface area contributed by atoms with E-state index in [0.29, 0.717) is 9.21 Å². The number of carbonyl (C=O) groups excluding carboxylic acids is 1. The average molecular weight is 234 g/mol. The summed E-state index contributed by atoms with van der Waals surface area (Å²) in [7, 11) is 0. The standard InChI is InChI=1S/C5H2ClOS.Y/c6-5-2-1-4(3-7)8-5;/h1-2H;/q-1;. The van der Waals surface area contributed by atoms with Crippen molar-refractivity contribution in [2.24, 2.45) is 0 Å². The Morgan fingerprint density at radius 1 is 1.56 bits per heavy atom. The fourth-order valence-electron chi connectivity index (χ4n) is 0.369. The van der Waals surface area contributed by atoms with E-state index in [9.17, 15) is 4.79 Å². The Labute approximate surface area is 87.3 Å². The van der Waals surface area contributed by atoms with Gasteiger partial charge in [-0.25, -0.2) is 0 Å². The third-order valence-electron chi connectivity index (χ3n) is 0.674. The van der Waals surface area contributed by atoms with Crippen LogP contribution in [0.1, 0.15) is 4.88 Å². The molecule has 1 aromatic heterocycles. The average Bonchev–Trinajstić information content (AvgIpc) is 2.14. The minimum Gasteiger partial charge on any atom is -0.417 e. The van der Waals surface area contributed by atoms with Crippen molar-refractivity contribution in [2.45, 2.75) is 0 Å². The molecule has 0 unspecified atom stereocenters. The Hall–Kier alpha value is 0.764. The monoisotopic (exact) mass is 234 g/mol. The SMILES string of the molecule is O=[C-]c1ccc(Cl)s1.[Y]. The van der Waals surface area contributed by atoms with Crippen LogP contribution in [-0.2, 0) is 37.5 Å². The van der Waals surface area contributed by atoms with Crippen LogP contribution >= 0.6 is 22.9 Å². The van der Waals surface area contributed by atoms with Crippen LogP contribution in [0.15, 0.2) is 12.1 Å². The zero-order chi connectivity index (χ0) is 5.98. The van der Waals surface area contributed by atoms with Gasteiger partial charge in [0.25, 0.3) is 0 Å². The van der Waals surface area contributed by atoms with E-state index in [2.05, 4.69) is 0 Å². The van der Waals surface area contributed by atoms with Gasteiger partial charge >= 0.3 is 0 Å². The topological polar surface area (TPSA) is 17.1 Å². The minimum absolute atomic E-state index is 0. The number of hydrogen-bond donors (Lipinski definition) is 0. The molecule has 4 heteroatoms. The molecule has 0 aromatic carbocycles. The van der Waals surface area contributed by atoms with Crippen molar-refractivity contribution in [1.29, 1.82) is 0 Å². The van der Waals surface area contributed by atoms with Gasteiger partial charge in [0, 0.05) is 39.0 Å². The molecule has 0 saturated carbocycles. The molecule has 0 saturated heterocycles. The first-order chi connectivity index (χ1) is 3.83. The van der Waals surface area contributed by atoms with Crippen LogP contribution in [0.2, 0.25) is 4.34 Å². The second-order valence-corrected chi connectivity index (χ2v) is 2.92. The van der Waals surface area contributed by atoms with Crippen LogP contribution in [0.25, 0.3) is 0 Å². The molecule has 45 valence electrons. The van der Waals surface area contributed by atoms with Crippen molar-refractivity contribution in [3.05, 3.63) is 21.3 Å². The summed E-state index contributed by atoms with van der Waals surface area (Å²) >= 11 is 6.71. The van der Waals surface area contributed by atoms with E-state index in [4.69, 9.17) is 11.6 Å². The van der Waals surface area contributed by atoms with Crippen LogP contribution in [-0.4, -0.2) is 6.29 Å². The van der Waals surface area contributed by atoms with Gasteiger partial charge in [0.1, 0.15) is 0 Å². The summed E-state index contributed by atoms with van der Waals surface area (Å²) in [6.07, 6.45) is 1.73. The van der Waals surface area contributed by atoms with Gasteiger partial charge in [0.15, 0.2) is 0 Å². The quantitative estimate of drug-likeness (QED) is 0.678. The Bertz CT molecular complexity index is 199. The summed E-state index contributed by atoms with van der Waals surface area (Å²) in [4.78, 5) is 10.4. The van der Waals surface area contributed by atoms with Crippen molar-refractivity contribution < 1.29 is 37.5 Å². The fraction of sp³-hybridized carbons (Fsp3) is 0. The van der Waals surface area contributed by atoms with Crippen molar-refractivity contribution in [3.63, 3.8) is 0 Å². The molecule has 0 bridgehead atoms. The molecule has 0 atom stereocenters. The first-order valence-electron chi connectivity index (χ1n) is 1.96. The van der Waals surface area contributed by atoms with Crippen LogP contribution < -0.4 is 0 Å². The van der Waals surface area contributed by atoms with Gasteiger partial charge in [-0.05, 0) is 0 Å². The van der Waals surface area contributed by atoms with E-state index in [1.54, 1.807) is 18.4 Å². The third kappa shape index (κ3) is 2.90. The molecule has 1 nitrogen and oxygen atoms in total. The summed E-state index contributed by atoms with van der Waals surface area (Å²) < 4.78 is 0.628. The largest absolute Gasteiger partial charge is 0.417 e. The van der Waals surface area contributed by atoms with Gasteiger partial charge in [0.2, 0.25) is 0 Å². The first kappa shape index (κ1) is 9.76. The van der Waals surface area contributed by atoms with Crippen LogP contribution in [0.3, 0.4) is 0 Å². The molecule has 9 heavy (non-hydrogen) atoms. The molecule has 1 rings (SSSR count). The molecular formula is C5H2ClOSY-. The molecule has 0 aliphatic rings. The van der Waals surface area contributed by atoms with Crippen molar-refractivity contribution >= 4 is 29.2 Å². The van der Waals surface area contributed by atoms with E-state index in [0.717, 1.165) is 0 Å². The summed E-state index contributed by atoms with van der Waals surface area (Å²) in [6.45, 7) is 0. The van der Waals surface area contributed by atoms with Gasteiger partial charge in [-0.3, -0.25) is 0 Å². The van der Waals surface area contributed by atoms with Crippen LogP contribution in [0.4, 0.5) is 0 Å². The third-order valence-corrected chi connectivity index (χ3v) is 1.80. The van der Waals surface area contributed by atoms with E-state index in [-0.39, 0.29) is 32.7 Å². The van der Waals surface area contributed by atoms with Gasteiger partial charge in [-0.15, -0.1) is 10.9 Å². The van der Waals surface area contributed by atoms with Crippen LogP contribution in [0, 0.1) is 0 Å². The van der Waals surface area contributed by atoms with E-state index in [1.165, 1.54) is 11.3 Å². The normalized spacial score (nSPS) is 8.11. The smallest absolute Gasteiger partial charge is 0.0728 e. The maximum absolute atomic E-state index is 9.85. The molecule has 1 radical (unpaired) electrons. The maximum atomic E-state index is 9.85. The molecule has 1 heterocycles. The van der Waals surface area contributed by atoms with Gasteiger partial charge < -0.3 is 4.79 Å². The molecule has 0 aliphatic carbocycles. The summed E-state index contributed by atoms with van der Waals surface area (Å²) in [6, 6.07) is 3.31. The Morgan fingerprint density at radius 2 is 2.22 bits per heavy atom. The predicted octanol–water partition coefficient (Wildman–Crippen LogP) is 1.86. The van der Waals surface area contributed by atoms with Crippen LogP contribution in [0.5, 0.6) is 0 Å². The van der Waals surface area contributed by atoms with Crippen molar-refractivity contribution in [1.82, 2.24) is 0 Å². The fourth-order valence-corrected chi connectivity index (χ4v) is 1.21. The summed E-state index contributed by atoms with van der Waals surface area (Å²) in [5, 5.41) is 0. The molecule has 0 N–H and O–H groups in total. The number of halogens is 1. The molecular weight excluding hydrogens is 232 g/mol. The second-order valence-electron chi connectivity index (χ2n) is 1.21. The Balaban J connectivity index is 0.000000640. The zero-order valence-corrected chi connectivity index (χ0v) is 8.84. The zero-order valence-electron chi connectivity index (χ0n) is 4.43. The number of rotatable bonds is 1. The van der Waals surface area contributed by atoms with Crippen molar-refractivity contribution in [3.8, 4) is 0 Å². The molecule has 0 aliphatic heterocycles. The molecule has 1 aromatic rings. The second kappa shape index (κ2) is 4.56. The van der Waals surface area contributed by atoms with Gasteiger partial charge in [-0.2, -0.15) is 17.4 Å². The van der Waals surface area contributed by atoms with E-state index >= 15 is 0 Å². The van der Waals surface area contributed by atoms with Gasteiger partial charge in [0.05, 0.1) is 4.34 Å². The number of hydrogen-bond acceptors (Lipinski definition) is 2. The van der Waals surface area contributed by atoms with Crippen molar-refractivity contribution in [2.75, 3.05) is 0 Å². The maximum Gasteiger partial charge on any atom is 0.0728 e. The predicted molar refractivity (Wildman–Crippen MR) is 34.1 cm³/mol. The number of thiophene rings is 1. The van der Waals surface area contributed by atoms with E-state index in [1.807, 2.05) is 0 Å². The summed E-state index contributed by atoms with van der Waals surface area (Å²) in [5.41, 5.74) is 0. The molecule has 0 spiro atoms.